The highest BCUT2D eigenvalue weighted by Gasteiger charge is 2.15. The first kappa shape index (κ1) is 15.7. The van der Waals surface area contributed by atoms with Gasteiger partial charge in [-0.15, -0.1) is 0 Å². The van der Waals surface area contributed by atoms with Crippen molar-refractivity contribution in [2.45, 2.75) is 6.54 Å². The molecular weight excluding hydrogens is 341 g/mol. The number of halogens is 2. The lowest BCUT2D eigenvalue weighted by atomic mass is 10.2. The molecule has 0 saturated heterocycles. The molecule has 7 heteroatoms. The van der Waals surface area contributed by atoms with E-state index in [0.29, 0.717) is 15.8 Å². The van der Waals surface area contributed by atoms with Gasteiger partial charge in [-0.25, -0.2) is 9.18 Å². The van der Waals surface area contributed by atoms with E-state index in [1.54, 1.807) is 24.3 Å². The number of fused-ring (bicyclic) bond motifs is 1. The lowest BCUT2D eigenvalue weighted by Gasteiger charge is -2.08. The van der Waals surface area contributed by atoms with Crippen molar-refractivity contribution < 1.29 is 13.9 Å². The molecule has 0 N–H and O–H groups in total. The molecular formula is C16H11ClFNO3S. The maximum atomic E-state index is 14.0. The molecule has 4 nitrogen and oxygen atoms in total. The second kappa shape index (κ2) is 6.14. The van der Waals surface area contributed by atoms with Gasteiger partial charge in [0, 0.05) is 10.6 Å². The van der Waals surface area contributed by atoms with Crippen LogP contribution >= 0.6 is 22.9 Å². The Kier molecular flexibility index (Phi) is 4.19. The summed E-state index contributed by atoms with van der Waals surface area (Å²) in [6, 6.07) is 9.19. The number of rotatable bonds is 3. The van der Waals surface area contributed by atoms with Crippen molar-refractivity contribution in [2.75, 3.05) is 7.11 Å². The van der Waals surface area contributed by atoms with Crippen LogP contribution < -0.4 is 4.87 Å². The predicted molar refractivity (Wildman–Crippen MR) is 87.9 cm³/mol. The molecule has 118 valence electrons. The number of hydrogen-bond donors (Lipinski definition) is 0. The van der Waals surface area contributed by atoms with Gasteiger partial charge in [-0.3, -0.25) is 9.36 Å². The number of thiazole rings is 1. The second-order valence-electron chi connectivity index (χ2n) is 4.83. The molecule has 1 aromatic heterocycles. The maximum absolute atomic E-state index is 14.0. The van der Waals surface area contributed by atoms with Crippen LogP contribution in [0.5, 0.6) is 0 Å². The largest absolute Gasteiger partial charge is 0.465 e. The topological polar surface area (TPSA) is 48.3 Å². The van der Waals surface area contributed by atoms with Crippen LogP contribution in [0, 0.1) is 5.82 Å². The summed E-state index contributed by atoms with van der Waals surface area (Å²) in [5.41, 5.74) is 1.10. The van der Waals surface area contributed by atoms with Gasteiger partial charge in [0.2, 0.25) is 0 Å². The molecule has 0 radical (unpaired) electrons. The van der Waals surface area contributed by atoms with Gasteiger partial charge in [-0.2, -0.15) is 0 Å². The fourth-order valence-electron chi connectivity index (χ4n) is 2.30. The number of aromatic nitrogens is 1. The molecule has 0 aliphatic carbocycles. The van der Waals surface area contributed by atoms with E-state index in [9.17, 15) is 14.0 Å². The molecule has 0 unspecified atom stereocenters. The fraction of sp³-hybridized carbons (Fsp3) is 0.125. The summed E-state index contributed by atoms with van der Waals surface area (Å²) in [7, 11) is 1.28. The molecule has 3 rings (SSSR count). The Morgan fingerprint density at radius 2 is 2.13 bits per heavy atom. The Hall–Kier alpha value is -2.18. The zero-order chi connectivity index (χ0) is 16.6. The number of methoxy groups -OCH3 is 1. The summed E-state index contributed by atoms with van der Waals surface area (Å²) in [5.74, 6) is -0.978. The minimum atomic E-state index is -0.499. The quantitative estimate of drug-likeness (QED) is 0.676. The number of benzene rings is 2. The molecule has 3 aromatic rings. The van der Waals surface area contributed by atoms with Gasteiger partial charge < -0.3 is 4.74 Å². The van der Waals surface area contributed by atoms with Gasteiger partial charge in [-0.1, -0.05) is 29.0 Å². The summed E-state index contributed by atoms with van der Waals surface area (Å²) in [6.07, 6.45) is 0. The molecule has 0 fully saturated rings. The Balaban J connectivity index is 2.15. The maximum Gasteiger partial charge on any atom is 0.337 e. The lowest BCUT2D eigenvalue weighted by Crippen LogP contribution is -2.15. The number of hydrogen-bond acceptors (Lipinski definition) is 4. The first-order valence-electron chi connectivity index (χ1n) is 6.66. The highest BCUT2D eigenvalue weighted by atomic mass is 35.5. The third kappa shape index (κ3) is 2.87. The van der Waals surface area contributed by atoms with Gasteiger partial charge in [-0.05, 0) is 30.3 Å². The van der Waals surface area contributed by atoms with E-state index in [1.807, 2.05) is 0 Å². The van der Waals surface area contributed by atoms with Gasteiger partial charge in [0.1, 0.15) is 5.82 Å². The highest BCUT2D eigenvalue weighted by Crippen LogP contribution is 2.24. The molecule has 0 amide bonds. The number of nitrogens with zero attached hydrogens (tertiary/aromatic N) is 1. The first-order chi connectivity index (χ1) is 11.0. The number of carbonyl (C=O) groups is 1. The Labute approximate surface area is 139 Å². The zero-order valence-electron chi connectivity index (χ0n) is 12.0. The Morgan fingerprint density at radius 3 is 2.83 bits per heavy atom. The van der Waals surface area contributed by atoms with Gasteiger partial charge >= 0.3 is 10.8 Å². The number of carbonyl (C=O) groups excluding carboxylic acids is 1. The van der Waals surface area contributed by atoms with Crippen molar-refractivity contribution in [3.8, 4) is 0 Å². The predicted octanol–water partition coefficient (Wildman–Crippen LogP) is 3.69. The van der Waals surface area contributed by atoms with Crippen molar-refractivity contribution in [2.24, 2.45) is 0 Å². The van der Waals surface area contributed by atoms with Gasteiger partial charge in [0.15, 0.2) is 0 Å². The molecule has 0 aliphatic rings. The Bertz CT molecular complexity index is 943. The molecule has 0 bridgehead atoms. The molecule has 0 spiro atoms. The van der Waals surface area contributed by atoms with Crippen LogP contribution in [0.4, 0.5) is 4.39 Å². The van der Waals surface area contributed by atoms with Crippen molar-refractivity contribution in [3.05, 3.63) is 68.0 Å². The molecule has 0 saturated carbocycles. The summed E-state index contributed by atoms with van der Waals surface area (Å²) < 4.78 is 20.8. The van der Waals surface area contributed by atoms with Crippen LogP contribution in [-0.2, 0) is 11.3 Å². The average Bonchev–Trinajstić information content (AvgIpc) is 2.85. The van der Waals surface area contributed by atoms with E-state index in [2.05, 4.69) is 4.74 Å². The second-order valence-corrected chi connectivity index (χ2v) is 6.23. The molecule has 0 aliphatic heterocycles. The van der Waals surface area contributed by atoms with Crippen molar-refractivity contribution in [3.63, 3.8) is 0 Å². The summed E-state index contributed by atoms with van der Waals surface area (Å²) >= 11 is 7.06. The van der Waals surface area contributed by atoms with E-state index in [-0.39, 0.29) is 22.0 Å². The minimum Gasteiger partial charge on any atom is -0.465 e. The summed E-state index contributed by atoms with van der Waals surface area (Å²) in [5, 5.41) is 0.250. The SMILES string of the molecule is COC(=O)c1ccc2sc(=O)n(Cc3c(F)cccc3Cl)c2c1. The fourth-order valence-corrected chi connectivity index (χ4v) is 3.39. The van der Waals surface area contributed by atoms with Crippen molar-refractivity contribution >= 4 is 39.1 Å². The smallest absolute Gasteiger partial charge is 0.337 e. The van der Waals surface area contributed by atoms with Crippen LogP contribution in [-0.4, -0.2) is 17.6 Å². The van der Waals surface area contributed by atoms with Crippen LogP contribution in [0.15, 0.2) is 41.2 Å². The monoisotopic (exact) mass is 351 g/mol. The lowest BCUT2D eigenvalue weighted by molar-refractivity contribution is 0.0601. The van der Waals surface area contributed by atoms with E-state index >= 15 is 0 Å². The normalized spacial score (nSPS) is 10.9. The molecule has 0 atom stereocenters. The van der Waals surface area contributed by atoms with Crippen LogP contribution in [0.3, 0.4) is 0 Å². The number of esters is 1. The molecule has 1 heterocycles. The van der Waals surface area contributed by atoms with Crippen LogP contribution in [0.25, 0.3) is 10.2 Å². The van der Waals surface area contributed by atoms with Crippen LogP contribution in [0.1, 0.15) is 15.9 Å². The third-order valence-corrected chi connectivity index (χ3v) is 4.78. The average molecular weight is 352 g/mol. The van der Waals surface area contributed by atoms with Gasteiger partial charge in [0.05, 0.1) is 29.4 Å². The first-order valence-corrected chi connectivity index (χ1v) is 7.85. The Morgan fingerprint density at radius 1 is 1.35 bits per heavy atom. The zero-order valence-corrected chi connectivity index (χ0v) is 13.6. The van der Waals surface area contributed by atoms with E-state index in [0.717, 1.165) is 11.3 Å². The highest BCUT2D eigenvalue weighted by molar-refractivity contribution is 7.16. The van der Waals surface area contributed by atoms with Crippen LogP contribution in [0.2, 0.25) is 5.02 Å². The molecule has 2 aromatic carbocycles. The standard InChI is InChI=1S/C16H11ClFNO3S/c1-22-15(20)9-5-6-14-13(7-9)19(16(21)23-14)8-10-11(17)3-2-4-12(10)18/h2-7H,8H2,1H3. The van der Waals surface area contributed by atoms with Crippen molar-refractivity contribution in [1.82, 2.24) is 4.57 Å². The van der Waals surface area contributed by atoms with Gasteiger partial charge in [0.25, 0.3) is 0 Å². The third-order valence-electron chi connectivity index (χ3n) is 3.47. The van der Waals surface area contributed by atoms with Crippen molar-refractivity contribution in [1.29, 1.82) is 0 Å². The minimum absolute atomic E-state index is 0.00499. The summed E-state index contributed by atoms with van der Waals surface area (Å²) in [4.78, 5) is 23.6. The van der Waals surface area contributed by atoms with E-state index in [4.69, 9.17) is 11.6 Å². The summed E-state index contributed by atoms with van der Waals surface area (Å²) in [6.45, 7) is -0.00499. The molecule has 23 heavy (non-hydrogen) atoms. The van der Waals surface area contributed by atoms with E-state index in [1.165, 1.54) is 23.8 Å². The van der Waals surface area contributed by atoms with E-state index < -0.39 is 11.8 Å². The number of ether oxygens (including phenoxy) is 1.